The van der Waals surface area contributed by atoms with Gasteiger partial charge in [-0.25, -0.2) is 4.79 Å². The number of likely N-dealkylation sites (tertiary alicyclic amines) is 1. The number of nitrogens with one attached hydrogen (secondary N) is 3. The maximum Gasteiger partial charge on any atom is 0.321 e. The van der Waals surface area contributed by atoms with Crippen LogP contribution in [0.5, 0.6) is 0 Å². The minimum atomic E-state index is -0.499. The molecule has 1 aromatic heterocycles. The van der Waals surface area contributed by atoms with Crippen LogP contribution >= 0.6 is 0 Å². The van der Waals surface area contributed by atoms with Crippen molar-refractivity contribution < 1.29 is 14.0 Å². The van der Waals surface area contributed by atoms with Gasteiger partial charge in [-0.1, -0.05) is 0 Å². The third-order valence-corrected chi connectivity index (χ3v) is 3.54. The van der Waals surface area contributed by atoms with Crippen LogP contribution in [0.3, 0.4) is 0 Å². The fourth-order valence-electron chi connectivity index (χ4n) is 2.55. The molecule has 0 aromatic carbocycles. The summed E-state index contributed by atoms with van der Waals surface area (Å²) < 4.78 is 5.09. The van der Waals surface area contributed by atoms with Crippen LogP contribution in [0.1, 0.15) is 18.6 Å². The number of nitrogens with zero attached hydrogens (tertiary/aromatic N) is 1. The van der Waals surface area contributed by atoms with E-state index >= 15 is 0 Å². The molecular formula is C14H22N4O3. The van der Waals surface area contributed by atoms with Crippen molar-refractivity contribution in [3.8, 4) is 0 Å². The molecule has 1 unspecified atom stereocenters. The van der Waals surface area contributed by atoms with Crippen molar-refractivity contribution in [2.24, 2.45) is 0 Å². The lowest BCUT2D eigenvalue weighted by Crippen LogP contribution is -2.46. The summed E-state index contributed by atoms with van der Waals surface area (Å²) in [6.45, 7) is 2.27. The van der Waals surface area contributed by atoms with E-state index in [1.165, 1.54) is 6.26 Å². The predicted octanol–water partition coefficient (Wildman–Crippen LogP) is 0.289. The fourth-order valence-corrected chi connectivity index (χ4v) is 2.55. The van der Waals surface area contributed by atoms with E-state index in [1.54, 1.807) is 12.1 Å². The van der Waals surface area contributed by atoms with Gasteiger partial charge < -0.3 is 15.1 Å². The Hall–Kier alpha value is -1.86. The van der Waals surface area contributed by atoms with E-state index in [-0.39, 0.29) is 19.0 Å². The standard InChI is InChI=1S/C14H22N4O3/c1-15-8-11-4-2-6-18(11)10-13(19)17-14(20)16-9-12-5-3-7-21-12/h3,5,7,11,15H,2,4,6,8-10H2,1H3,(H2,16,17,19,20). The molecule has 0 saturated carbocycles. The highest BCUT2D eigenvalue weighted by Crippen LogP contribution is 2.15. The first-order chi connectivity index (χ1) is 10.2. The Kier molecular flexibility index (Phi) is 5.77. The summed E-state index contributed by atoms with van der Waals surface area (Å²) >= 11 is 0. The van der Waals surface area contributed by atoms with E-state index < -0.39 is 6.03 Å². The maximum absolute atomic E-state index is 11.9. The highest BCUT2D eigenvalue weighted by atomic mass is 16.3. The van der Waals surface area contributed by atoms with Crippen LogP contribution in [0.2, 0.25) is 0 Å². The number of amides is 3. The van der Waals surface area contributed by atoms with Gasteiger partial charge in [-0.2, -0.15) is 0 Å². The van der Waals surface area contributed by atoms with Gasteiger partial charge in [0.05, 0.1) is 19.4 Å². The molecule has 0 aliphatic carbocycles. The Bertz CT molecular complexity index is 461. The van der Waals surface area contributed by atoms with Crippen molar-refractivity contribution in [3.05, 3.63) is 24.2 Å². The zero-order valence-corrected chi connectivity index (χ0v) is 12.2. The van der Waals surface area contributed by atoms with Crippen LogP contribution in [-0.2, 0) is 11.3 Å². The van der Waals surface area contributed by atoms with E-state index in [4.69, 9.17) is 4.42 Å². The smallest absolute Gasteiger partial charge is 0.321 e. The average molecular weight is 294 g/mol. The fraction of sp³-hybridized carbons (Fsp3) is 0.571. The SMILES string of the molecule is CNCC1CCCN1CC(=O)NC(=O)NCc1ccco1. The Labute approximate surface area is 124 Å². The molecule has 1 saturated heterocycles. The zero-order chi connectivity index (χ0) is 15.1. The van der Waals surface area contributed by atoms with Crippen LogP contribution in [0, 0.1) is 0 Å². The van der Waals surface area contributed by atoms with Gasteiger partial charge in [0.25, 0.3) is 0 Å². The largest absolute Gasteiger partial charge is 0.467 e. The molecule has 2 heterocycles. The molecule has 7 nitrogen and oxygen atoms in total. The number of furan rings is 1. The van der Waals surface area contributed by atoms with Crippen LogP contribution in [0.25, 0.3) is 0 Å². The zero-order valence-electron chi connectivity index (χ0n) is 12.2. The molecule has 0 bridgehead atoms. The van der Waals surface area contributed by atoms with Gasteiger partial charge in [0, 0.05) is 12.6 Å². The minimum absolute atomic E-state index is 0.251. The van der Waals surface area contributed by atoms with Gasteiger partial charge in [0.15, 0.2) is 0 Å². The molecule has 2 rings (SSSR count). The number of hydrogen-bond acceptors (Lipinski definition) is 5. The summed E-state index contributed by atoms with van der Waals surface area (Å²) in [5.41, 5.74) is 0. The summed E-state index contributed by atoms with van der Waals surface area (Å²) in [5, 5.41) is 8.05. The van der Waals surface area contributed by atoms with Crippen molar-refractivity contribution in [1.29, 1.82) is 0 Å². The molecule has 1 aliphatic rings. The molecule has 1 fully saturated rings. The Morgan fingerprint density at radius 1 is 1.48 bits per heavy atom. The summed E-state index contributed by atoms with van der Waals surface area (Å²) in [4.78, 5) is 25.6. The Morgan fingerprint density at radius 2 is 2.33 bits per heavy atom. The summed E-state index contributed by atoms with van der Waals surface area (Å²) in [7, 11) is 1.90. The maximum atomic E-state index is 11.9. The van der Waals surface area contributed by atoms with Crippen molar-refractivity contribution in [2.75, 3.05) is 26.7 Å². The number of imide groups is 1. The van der Waals surface area contributed by atoms with Gasteiger partial charge in [0.1, 0.15) is 5.76 Å². The molecule has 1 atom stereocenters. The molecule has 0 spiro atoms. The quantitative estimate of drug-likeness (QED) is 0.702. The van der Waals surface area contributed by atoms with E-state index in [1.807, 2.05) is 7.05 Å². The highest BCUT2D eigenvalue weighted by Gasteiger charge is 2.25. The van der Waals surface area contributed by atoms with Crippen molar-refractivity contribution in [1.82, 2.24) is 20.9 Å². The number of likely N-dealkylation sites (N-methyl/N-ethyl adjacent to an activating group) is 1. The lowest BCUT2D eigenvalue weighted by molar-refractivity contribution is -0.121. The van der Waals surface area contributed by atoms with Gasteiger partial charge >= 0.3 is 6.03 Å². The van der Waals surface area contributed by atoms with Crippen molar-refractivity contribution in [3.63, 3.8) is 0 Å². The van der Waals surface area contributed by atoms with Crippen LogP contribution in [0.15, 0.2) is 22.8 Å². The Balaban J connectivity index is 1.69. The lowest BCUT2D eigenvalue weighted by Gasteiger charge is -2.23. The number of carbonyl (C=O) groups excluding carboxylic acids is 2. The van der Waals surface area contributed by atoms with Crippen molar-refractivity contribution >= 4 is 11.9 Å². The molecule has 116 valence electrons. The highest BCUT2D eigenvalue weighted by molar-refractivity contribution is 5.95. The number of carbonyl (C=O) groups is 2. The second-order valence-corrected chi connectivity index (χ2v) is 5.13. The molecule has 7 heteroatoms. The van der Waals surface area contributed by atoms with Gasteiger partial charge in [0.2, 0.25) is 5.91 Å². The topological polar surface area (TPSA) is 86.6 Å². The monoisotopic (exact) mass is 294 g/mol. The van der Waals surface area contributed by atoms with Gasteiger partial charge in [-0.3, -0.25) is 15.0 Å². The van der Waals surface area contributed by atoms with Crippen LogP contribution in [0.4, 0.5) is 4.79 Å². The summed E-state index contributed by atoms with van der Waals surface area (Å²) in [5.74, 6) is 0.362. The van der Waals surface area contributed by atoms with E-state index in [0.717, 1.165) is 25.9 Å². The lowest BCUT2D eigenvalue weighted by atomic mass is 10.2. The average Bonchev–Trinajstić information content (AvgIpc) is 3.09. The van der Waals surface area contributed by atoms with Crippen LogP contribution in [-0.4, -0.2) is 49.6 Å². The first kappa shape index (κ1) is 15.5. The van der Waals surface area contributed by atoms with E-state index in [0.29, 0.717) is 11.8 Å². The first-order valence-corrected chi connectivity index (χ1v) is 7.17. The van der Waals surface area contributed by atoms with Crippen molar-refractivity contribution in [2.45, 2.75) is 25.4 Å². The molecule has 1 aromatic rings. The number of hydrogen-bond donors (Lipinski definition) is 3. The first-order valence-electron chi connectivity index (χ1n) is 7.17. The third-order valence-electron chi connectivity index (χ3n) is 3.54. The second-order valence-electron chi connectivity index (χ2n) is 5.13. The summed E-state index contributed by atoms with van der Waals surface area (Å²) in [6.07, 6.45) is 3.71. The molecule has 3 amide bonds. The summed E-state index contributed by atoms with van der Waals surface area (Å²) in [6, 6.07) is 3.37. The Morgan fingerprint density at radius 3 is 3.05 bits per heavy atom. The van der Waals surface area contributed by atoms with Crippen LogP contribution < -0.4 is 16.0 Å². The number of urea groups is 1. The number of rotatable bonds is 6. The minimum Gasteiger partial charge on any atom is -0.467 e. The van der Waals surface area contributed by atoms with E-state index in [9.17, 15) is 9.59 Å². The second kappa shape index (κ2) is 7.80. The molecule has 1 aliphatic heterocycles. The molecular weight excluding hydrogens is 272 g/mol. The molecule has 0 radical (unpaired) electrons. The molecule has 3 N–H and O–H groups in total. The van der Waals surface area contributed by atoms with Gasteiger partial charge in [-0.05, 0) is 38.6 Å². The normalized spacial score (nSPS) is 18.6. The molecule has 21 heavy (non-hydrogen) atoms. The van der Waals surface area contributed by atoms with E-state index in [2.05, 4.69) is 20.9 Å². The third kappa shape index (κ3) is 4.87. The van der Waals surface area contributed by atoms with Gasteiger partial charge in [-0.15, -0.1) is 0 Å². The predicted molar refractivity (Wildman–Crippen MR) is 77.6 cm³/mol.